The van der Waals surface area contributed by atoms with Crippen LogP contribution in [0.25, 0.3) is 0 Å². The summed E-state index contributed by atoms with van der Waals surface area (Å²) >= 11 is 0. The van der Waals surface area contributed by atoms with E-state index in [4.69, 9.17) is 10.5 Å². The summed E-state index contributed by atoms with van der Waals surface area (Å²) in [6.07, 6.45) is 6.86. The lowest BCUT2D eigenvalue weighted by atomic mass is 9.83. The Morgan fingerprint density at radius 3 is 3.14 bits per heavy atom. The van der Waals surface area contributed by atoms with Crippen LogP contribution in [-0.2, 0) is 9.53 Å². The summed E-state index contributed by atoms with van der Waals surface area (Å²) in [5.41, 5.74) is 5.70. The highest BCUT2D eigenvalue weighted by Gasteiger charge is 2.34. The van der Waals surface area contributed by atoms with E-state index in [1.807, 2.05) is 19.1 Å². The molecule has 3 heteroatoms. The molecule has 0 radical (unpaired) electrons. The number of ether oxygens (including phenoxy) is 1. The van der Waals surface area contributed by atoms with Crippen molar-refractivity contribution >= 4 is 5.78 Å². The predicted molar refractivity (Wildman–Crippen MR) is 53.4 cm³/mol. The van der Waals surface area contributed by atoms with Gasteiger partial charge in [0.15, 0.2) is 5.78 Å². The van der Waals surface area contributed by atoms with Crippen molar-refractivity contribution in [2.75, 3.05) is 6.61 Å². The van der Waals surface area contributed by atoms with Crippen LogP contribution in [0.2, 0.25) is 0 Å². The maximum absolute atomic E-state index is 11.7. The van der Waals surface area contributed by atoms with Crippen LogP contribution in [-0.4, -0.2) is 18.4 Å². The second kappa shape index (κ2) is 3.58. The zero-order valence-electron chi connectivity index (χ0n) is 8.27. The minimum Gasteiger partial charge on any atom is -0.496 e. The first kappa shape index (κ1) is 9.46. The zero-order chi connectivity index (χ0) is 10.1. The molecule has 1 aliphatic carbocycles. The topological polar surface area (TPSA) is 52.3 Å². The Balaban J connectivity index is 2.27. The molecule has 2 N–H and O–H groups in total. The monoisotopic (exact) mass is 193 g/mol. The SMILES string of the molecule is CC1C(=O)C(N)COC2=CC=CC[C@H]21. The molecule has 0 aromatic heterocycles. The lowest BCUT2D eigenvalue weighted by Crippen LogP contribution is -2.37. The van der Waals surface area contributed by atoms with Crippen LogP contribution in [0.4, 0.5) is 0 Å². The molecule has 1 heterocycles. The lowest BCUT2D eigenvalue weighted by Gasteiger charge is -2.22. The van der Waals surface area contributed by atoms with Gasteiger partial charge in [-0.2, -0.15) is 0 Å². The Kier molecular flexibility index (Phi) is 2.42. The van der Waals surface area contributed by atoms with Crippen molar-refractivity contribution in [2.45, 2.75) is 19.4 Å². The molecule has 2 unspecified atom stereocenters. The van der Waals surface area contributed by atoms with Crippen LogP contribution in [0, 0.1) is 11.8 Å². The van der Waals surface area contributed by atoms with E-state index in [2.05, 4.69) is 6.08 Å². The van der Waals surface area contributed by atoms with Gasteiger partial charge in [-0.25, -0.2) is 0 Å². The zero-order valence-corrected chi connectivity index (χ0v) is 8.27. The third-order valence-electron chi connectivity index (χ3n) is 3.00. The van der Waals surface area contributed by atoms with Crippen LogP contribution < -0.4 is 5.73 Å². The van der Waals surface area contributed by atoms with E-state index >= 15 is 0 Å². The number of carbonyl (C=O) groups is 1. The van der Waals surface area contributed by atoms with Crippen molar-refractivity contribution in [1.82, 2.24) is 0 Å². The molecule has 0 bridgehead atoms. The van der Waals surface area contributed by atoms with Crippen LogP contribution in [0.3, 0.4) is 0 Å². The maximum Gasteiger partial charge on any atom is 0.156 e. The highest BCUT2D eigenvalue weighted by Crippen LogP contribution is 2.32. The minimum atomic E-state index is -0.462. The van der Waals surface area contributed by atoms with Gasteiger partial charge in [0.2, 0.25) is 0 Å². The molecule has 3 atom stereocenters. The molecule has 1 fully saturated rings. The summed E-state index contributed by atoms with van der Waals surface area (Å²) in [6, 6.07) is -0.462. The lowest BCUT2D eigenvalue weighted by molar-refractivity contribution is -0.124. The van der Waals surface area contributed by atoms with Gasteiger partial charge in [0.05, 0.1) is 6.04 Å². The normalized spacial score (nSPS) is 36.9. The highest BCUT2D eigenvalue weighted by molar-refractivity contribution is 5.86. The molecular weight excluding hydrogens is 178 g/mol. The molecule has 0 saturated carbocycles. The molecule has 2 aliphatic rings. The summed E-state index contributed by atoms with van der Waals surface area (Å²) < 4.78 is 5.52. The summed E-state index contributed by atoms with van der Waals surface area (Å²) in [5.74, 6) is 1.21. The summed E-state index contributed by atoms with van der Waals surface area (Å²) in [6.45, 7) is 2.26. The largest absolute Gasteiger partial charge is 0.496 e. The van der Waals surface area contributed by atoms with Crippen LogP contribution in [0.15, 0.2) is 24.0 Å². The van der Waals surface area contributed by atoms with Gasteiger partial charge < -0.3 is 10.5 Å². The third kappa shape index (κ3) is 1.48. The van der Waals surface area contributed by atoms with Crippen molar-refractivity contribution in [3.63, 3.8) is 0 Å². The Bertz CT molecular complexity index is 306. The van der Waals surface area contributed by atoms with E-state index in [0.717, 1.165) is 12.2 Å². The van der Waals surface area contributed by atoms with Crippen molar-refractivity contribution in [3.8, 4) is 0 Å². The highest BCUT2D eigenvalue weighted by atomic mass is 16.5. The molecule has 3 nitrogen and oxygen atoms in total. The van der Waals surface area contributed by atoms with Crippen LogP contribution >= 0.6 is 0 Å². The molecule has 0 aromatic rings. The van der Waals surface area contributed by atoms with Crippen LogP contribution in [0.1, 0.15) is 13.3 Å². The Morgan fingerprint density at radius 2 is 2.36 bits per heavy atom. The van der Waals surface area contributed by atoms with Crippen molar-refractivity contribution in [1.29, 1.82) is 0 Å². The predicted octanol–water partition coefficient (Wildman–Crippen LogP) is 1.01. The van der Waals surface area contributed by atoms with Crippen molar-refractivity contribution < 1.29 is 9.53 Å². The van der Waals surface area contributed by atoms with Crippen LogP contribution in [0.5, 0.6) is 0 Å². The van der Waals surface area contributed by atoms with E-state index in [1.165, 1.54) is 0 Å². The Morgan fingerprint density at radius 1 is 1.57 bits per heavy atom. The number of Topliss-reactive ketones (excluding diaryl/α,β-unsaturated/α-hetero) is 1. The molecule has 76 valence electrons. The smallest absolute Gasteiger partial charge is 0.156 e. The molecule has 2 rings (SSSR count). The second-order valence-corrected chi connectivity index (χ2v) is 3.95. The molecule has 0 amide bonds. The quantitative estimate of drug-likeness (QED) is 0.624. The Hall–Kier alpha value is -1.09. The standard InChI is InChI=1S/C11H15NO2/c1-7-8-4-2-3-5-10(8)14-6-9(12)11(7)13/h2-3,5,7-9H,4,6,12H2,1H3/t7?,8-,9?/m0/s1. The number of carbonyl (C=O) groups excluding carboxylic acids is 1. The first-order valence-corrected chi connectivity index (χ1v) is 4.99. The summed E-state index contributed by atoms with van der Waals surface area (Å²) in [7, 11) is 0. The third-order valence-corrected chi connectivity index (χ3v) is 3.00. The number of hydrogen-bond acceptors (Lipinski definition) is 3. The summed E-state index contributed by atoms with van der Waals surface area (Å²) in [5, 5.41) is 0. The van der Waals surface area contributed by atoms with E-state index in [-0.39, 0.29) is 17.6 Å². The average molecular weight is 193 g/mol. The molecule has 1 aliphatic heterocycles. The van der Waals surface area contributed by atoms with Gasteiger partial charge in [-0.15, -0.1) is 0 Å². The molecule has 14 heavy (non-hydrogen) atoms. The van der Waals surface area contributed by atoms with E-state index < -0.39 is 6.04 Å². The summed E-state index contributed by atoms with van der Waals surface area (Å²) in [4.78, 5) is 11.7. The van der Waals surface area contributed by atoms with Gasteiger partial charge in [0, 0.05) is 11.8 Å². The van der Waals surface area contributed by atoms with Gasteiger partial charge in [0.1, 0.15) is 12.4 Å². The minimum absolute atomic E-state index is 0.0244. The fraction of sp³-hybridized carbons (Fsp3) is 0.545. The van der Waals surface area contributed by atoms with Crippen molar-refractivity contribution in [2.24, 2.45) is 17.6 Å². The van der Waals surface area contributed by atoms with E-state index in [1.54, 1.807) is 0 Å². The molecular formula is C11H15NO2. The van der Waals surface area contributed by atoms with Gasteiger partial charge in [-0.3, -0.25) is 4.79 Å². The number of allylic oxidation sites excluding steroid dienone is 4. The number of rotatable bonds is 0. The van der Waals surface area contributed by atoms with E-state index in [0.29, 0.717) is 6.61 Å². The number of ketones is 1. The number of fused-ring (bicyclic) bond motifs is 1. The van der Waals surface area contributed by atoms with E-state index in [9.17, 15) is 4.79 Å². The van der Waals surface area contributed by atoms with Gasteiger partial charge >= 0.3 is 0 Å². The van der Waals surface area contributed by atoms with Crippen molar-refractivity contribution in [3.05, 3.63) is 24.0 Å². The van der Waals surface area contributed by atoms with Gasteiger partial charge in [0.25, 0.3) is 0 Å². The molecule has 1 saturated heterocycles. The molecule has 0 spiro atoms. The maximum atomic E-state index is 11.7. The van der Waals surface area contributed by atoms with Gasteiger partial charge in [-0.1, -0.05) is 19.1 Å². The first-order chi connectivity index (χ1) is 6.70. The van der Waals surface area contributed by atoms with Gasteiger partial charge in [-0.05, 0) is 12.5 Å². The second-order valence-electron chi connectivity index (χ2n) is 3.95. The molecule has 0 aromatic carbocycles. The average Bonchev–Trinajstić information content (AvgIpc) is 2.32. The number of nitrogens with two attached hydrogens (primary N) is 1. The fourth-order valence-electron chi connectivity index (χ4n) is 2.04. The Labute approximate surface area is 83.6 Å². The number of hydrogen-bond donors (Lipinski definition) is 1. The first-order valence-electron chi connectivity index (χ1n) is 4.99. The fourth-order valence-corrected chi connectivity index (χ4v) is 2.04.